The number of nitrogen functional groups attached to an aromatic ring is 1. The third-order valence-corrected chi connectivity index (χ3v) is 3.55. The molecule has 0 saturated heterocycles. The zero-order chi connectivity index (χ0) is 14.1. The van der Waals surface area contributed by atoms with E-state index in [1.807, 2.05) is 12.1 Å². The van der Waals surface area contributed by atoms with E-state index in [-0.39, 0.29) is 11.9 Å². The summed E-state index contributed by atoms with van der Waals surface area (Å²) in [6, 6.07) is 7.30. The fraction of sp³-hybridized carbons (Fsp3) is 0.214. The summed E-state index contributed by atoms with van der Waals surface area (Å²) in [5, 5.41) is 0.667. The number of nitrogens with two attached hydrogens (primary N) is 1. The third kappa shape index (κ3) is 2.58. The lowest BCUT2D eigenvalue weighted by Crippen LogP contribution is -2.26. The molecule has 5 nitrogen and oxygen atoms in total. The van der Waals surface area contributed by atoms with E-state index in [1.54, 1.807) is 23.2 Å². The van der Waals surface area contributed by atoms with Gasteiger partial charge in [-0.1, -0.05) is 23.7 Å². The highest BCUT2D eigenvalue weighted by Gasteiger charge is 2.24. The van der Waals surface area contributed by atoms with Gasteiger partial charge < -0.3 is 10.6 Å². The fourth-order valence-corrected chi connectivity index (χ4v) is 2.36. The Morgan fingerprint density at radius 2 is 2.05 bits per heavy atom. The number of halogens is 1. The number of rotatable bonds is 2. The number of aromatic nitrogens is 2. The minimum Gasteiger partial charge on any atom is -0.368 e. The molecule has 20 heavy (non-hydrogen) atoms. The van der Waals surface area contributed by atoms with Crippen molar-refractivity contribution in [2.24, 2.45) is 0 Å². The monoisotopic (exact) mass is 288 g/mol. The molecule has 1 aliphatic heterocycles. The van der Waals surface area contributed by atoms with Gasteiger partial charge in [-0.15, -0.1) is 0 Å². The lowest BCUT2D eigenvalue weighted by atomic mass is 10.1. The number of carbonyl (C=O) groups is 1. The van der Waals surface area contributed by atoms with Crippen LogP contribution in [0.5, 0.6) is 0 Å². The molecule has 102 valence electrons. The first kappa shape index (κ1) is 12.9. The molecule has 1 aromatic heterocycles. The van der Waals surface area contributed by atoms with E-state index in [4.69, 9.17) is 17.3 Å². The number of anilines is 1. The van der Waals surface area contributed by atoms with Gasteiger partial charge in [0.25, 0.3) is 0 Å². The van der Waals surface area contributed by atoms with E-state index in [2.05, 4.69) is 9.97 Å². The van der Waals surface area contributed by atoms with Gasteiger partial charge in [0.2, 0.25) is 11.9 Å². The Labute approximate surface area is 121 Å². The number of nitrogens with zero attached hydrogens (tertiary/aromatic N) is 3. The average molecular weight is 289 g/mol. The van der Waals surface area contributed by atoms with Crippen molar-refractivity contribution < 1.29 is 4.79 Å². The van der Waals surface area contributed by atoms with Crippen molar-refractivity contribution in [3.05, 3.63) is 52.3 Å². The zero-order valence-corrected chi connectivity index (χ0v) is 11.5. The van der Waals surface area contributed by atoms with Crippen LogP contribution in [0.3, 0.4) is 0 Å². The highest BCUT2D eigenvalue weighted by atomic mass is 35.5. The number of benzene rings is 1. The van der Waals surface area contributed by atoms with Gasteiger partial charge in [0.15, 0.2) is 0 Å². The van der Waals surface area contributed by atoms with E-state index in [0.717, 1.165) is 16.8 Å². The Bertz CT molecular complexity index is 657. The number of amides is 1. The van der Waals surface area contributed by atoms with Crippen LogP contribution in [0, 0.1) is 0 Å². The van der Waals surface area contributed by atoms with Crippen LogP contribution in [-0.4, -0.2) is 20.8 Å². The molecule has 1 aliphatic rings. The lowest BCUT2D eigenvalue weighted by molar-refractivity contribution is -0.131. The molecule has 0 spiro atoms. The number of hydrogen-bond donors (Lipinski definition) is 1. The van der Waals surface area contributed by atoms with Crippen molar-refractivity contribution in [2.45, 2.75) is 19.5 Å². The Balaban J connectivity index is 1.69. The van der Waals surface area contributed by atoms with Crippen molar-refractivity contribution in [1.29, 1.82) is 0 Å². The van der Waals surface area contributed by atoms with Crippen molar-refractivity contribution in [3.63, 3.8) is 0 Å². The van der Waals surface area contributed by atoms with Crippen LogP contribution in [-0.2, 0) is 24.3 Å². The molecule has 3 rings (SSSR count). The van der Waals surface area contributed by atoms with Crippen molar-refractivity contribution >= 4 is 23.5 Å². The summed E-state index contributed by atoms with van der Waals surface area (Å²) in [7, 11) is 0. The first-order valence-corrected chi connectivity index (χ1v) is 6.62. The zero-order valence-electron chi connectivity index (χ0n) is 10.7. The minimum atomic E-state index is 0.0592. The van der Waals surface area contributed by atoms with Gasteiger partial charge in [-0.25, -0.2) is 9.97 Å². The van der Waals surface area contributed by atoms with Gasteiger partial charge in [-0.05, 0) is 17.7 Å². The number of hydrogen-bond acceptors (Lipinski definition) is 4. The van der Waals surface area contributed by atoms with Crippen LogP contribution in [0.15, 0.2) is 30.5 Å². The summed E-state index contributed by atoms with van der Waals surface area (Å²) in [5.41, 5.74) is 8.29. The summed E-state index contributed by atoms with van der Waals surface area (Å²) in [6.45, 7) is 1.04. The van der Waals surface area contributed by atoms with Crippen LogP contribution in [0.1, 0.15) is 16.8 Å². The predicted molar refractivity (Wildman–Crippen MR) is 75.9 cm³/mol. The van der Waals surface area contributed by atoms with E-state index in [1.165, 1.54) is 0 Å². The summed E-state index contributed by atoms with van der Waals surface area (Å²) < 4.78 is 0. The van der Waals surface area contributed by atoms with E-state index < -0.39 is 0 Å². The summed E-state index contributed by atoms with van der Waals surface area (Å²) in [5.74, 6) is 0.305. The average Bonchev–Trinajstić information content (AvgIpc) is 2.84. The summed E-state index contributed by atoms with van der Waals surface area (Å²) >= 11 is 5.83. The smallest absolute Gasteiger partial charge is 0.227 e. The molecule has 2 N–H and O–H groups in total. The second kappa shape index (κ2) is 5.09. The molecule has 2 aromatic rings. The number of fused-ring (bicyclic) bond motifs is 1. The van der Waals surface area contributed by atoms with Gasteiger partial charge in [-0.2, -0.15) is 0 Å². The SMILES string of the molecule is Nc1ncc2c(n1)CN(C(=O)Cc1ccc(Cl)cc1)C2. The number of carbonyl (C=O) groups excluding carboxylic acids is 1. The second-order valence-electron chi connectivity index (χ2n) is 4.75. The molecule has 2 heterocycles. The minimum absolute atomic E-state index is 0.0592. The van der Waals surface area contributed by atoms with Crippen molar-refractivity contribution in [2.75, 3.05) is 5.73 Å². The molecule has 6 heteroatoms. The molecular weight excluding hydrogens is 276 g/mol. The predicted octanol–water partition coefficient (Wildman–Crippen LogP) is 1.80. The van der Waals surface area contributed by atoms with Crippen LogP contribution in [0.25, 0.3) is 0 Å². The van der Waals surface area contributed by atoms with Gasteiger partial charge in [0.05, 0.1) is 18.7 Å². The molecule has 1 aromatic carbocycles. The van der Waals surface area contributed by atoms with Gasteiger partial charge in [0.1, 0.15) is 0 Å². The second-order valence-corrected chi connectivity index (χ2v) is 5.19. The summed E-state index contributed by atoms with van der Waals surface area (Å²) in [6.07, 6.45) is 2.04. The van der Waals surface area contributed by atoms with Gasteiger partial charge in [0, 0.05) is 23.3 Å². The fourth-order valence-electron chi connectivity index (χ4n) is 2.23. The maximum atomic E-state index is 12.3. The third-order valence-electron chi connectivity index (χ3n) is 3.30. The molecule has 0 bridgehead atoms. The molecule has 0 aliphatic carbocycles. The topological polar surface area (TPSA) is 72.1 Å². The van der Waals surface area contributed by atoms with Crippen molar-refractivity contribution in [1.82, 2.24) is 14.9 Å². The molecular formula is C14H13ClN4O. The van der Waals surface area contributed by atoms with Crippen LogP contribution >= 0.6 is 11.6 Å². The molecule has 0 atom stereocenters. The first-order chi connectivity index (χ1) is 9.61. The summed E-state index contributed by atoms with van der Waals surface area (Å²) in [4.78, 5) is 22.1. The van der Waals surface area contributed by atoms with E-state index >= 15 is 0 Å². The molecule has 0 unspecified atom stereocenters. The lowest BCUT2D eigenvalue weighted by Gasteiger charge is -2.14. The molecule has 1 amide bonds. The largest absolute Gasteiger partial charge is 0.368 e. The molecule has 0 saturated carbocycles. The highest BCUT2D eigenvalue weighted by molar-refractivity contribution is 6.30. The highest BCUT2D eigenvalue weighted by Crippen LogP contribution is 2.21. The van der Waals surface area contributed by atoms with E-state index in [9.17, 15) is 4.79 Å². The Morgan fingerprint density at radius 1 is 1.30 bits per heavy atom. The van der Waals surface area contributed by atoms with Gasteiger partial charge >= 0.3 is 0 Å². The Morgan fingerprint density at radius 3 is 2.80 bits per heavy atom. The first-order valence-electron chi connectivity index (χ1n) is 6.24. The Kier molecular flexibility index (Phi) is 3.28. The molecule has 0 fully saturated rings. The van der Waals surface area contributed by atoms with Gasteiger partial charge in [-0.3, -0.25) is 4.79 Å². The quantitative estimate of drug-likeness (QED) is 0.914. The standard InChI is InChI=1S/C14H13ClN4O/c15-11-3-1-9(2-4-11)5-13(20)19-7-10-6-17-14(16)18-12(10)8-19/h1-4,6H,5,7-8H2,(H2,16,17,18). The van der Waals surface area contributed by atoms with Crippen molar-refractivity contribution in [3.8, 4) is 0 Å². The maximum Gasteiger partial charge on any atom is 0.227 e. The van der Waals surface area contributed by atoms with Crippen LogP contribution in [0.4, 0.5) is 5.95 Å². The van der Waals surface area contributed by atoms with E-state index in [0.29, 0.717) is 24.5 Å². The van der Waals surface area contributed by atoms with Crippen LogP contribution < -0.4 is 5.73 Å². The normalized spacial score (nSPS) is 13.3. The Hall–Kier alpha value is -2.14. The van der Waals surface area contributed by atoms with Crippen LogP contribution in [0.2, 0.25) is 5.02 Å². The molecule has 0 radical (unpaired) electrons. The maximum absolute atomic E-state index is 12.3.